The van der Waals surface area contributed by atoms with E-state index in [0.29, 0.717) is 5.95 Å². The number of anilines is 1. The Morgan fingerprint density at radius 2 is 2.00 bits per heavy atom. The minimum atomic E-state index is -0.454. The van der Waals surface area contributed by atoms with Gasteiger partial charge in [-0.3, -0.25) is 9.69 Å². The van der Waals surface area contributed by atoms with Crippen molar-refractivity contribution >= 4 is 17.4 Å². The molecule has 122 valence electrons. The number of nitrogens with one attached hydrogen (secondary N) is 1. The fourth-order valence-corrected chi connectivity index (χ4v) is 3.46. The molecule has 2 aliphatic rings. The minimum absolute atomic E-state index is 0.0727. The zero-order valence-corrected chi connectivity index (χ0v) is 13.9. The molecular weight excluding hydrogens is 302 g/mol. The topological polar surface area (TPSA) is 74.8 Å². The highest BCUT2D eigenvalue weighted by Crippen LogP contribution is 2.49. The fourth-order valence-electron chi connectivity index (χ4n) is 3.46. The Hall–Kier alpha value is -2.76. The van der Waals surface area contributed by atoms with Crippen LogP contribution in [0, 0.1) is 18.3 Å². The van der Waals surface area contributed by atoms with Gasteiger partial charge in [0.2, 0.25) is 11.9 Å². The molecule has 6 nitrogen and oxygen atoms in total. The van der Waals surface area contributed by atoms with Gasteiger partial charge in [-0.05, 0) is 25.0 Å². The molecule has 1 fully saturated rings. The predicted octanol–water partition coefficient (Wildman–Crippen LogP) is 2.87. The lowest BCUT2D eigenvalue weighted by Crippen LogP contribution is -2.31. The Morgan fingerprint density at radius 1 is 1.25 bits per heavy atom. The molecule has 0 spiro atoms. The van der Waals surface area contributed by atoms with E-state index in [0.717, 1.165) is 29.1 Å². The monoisotopic (exact) mass is 321 g/mol. The number of aryl methyl sites for hydroxylation is 1. The second-order valence-electron chi connectivity index (χ2n) is 6.81. The number of allylic oxidation sites excluding steroid dienone is 4. The van der Waals surface area contributed by atoms with Gasteiger partial charge in [-0.15, -0.1) is 0 Å². The molecule has 3 heterocycles. The van der Waals surface area contributed by atoms with Crippen LogP contribution in [0.2, 0.25) is 0 Å². The highest BCUT2D eigenvalue weighted by molar-refractivity contribution is 6.03. The van der Waals surface area contributed by atoms with Gasteiger partial charge in [-0.1, -0.05) is 19.9 Å². The number of nitrogens with zero attached hydrogens (tertiary/aromatic N) is 4. The number of aromatic nitrogens is 4. The maximum absolute atomic E-state index is 13.0. The summed E-state index contributed by atoms with van der Waals surface area (Å²) in [6, 6.07) is 0. The summed E-state index contributed by atoms with van der Waals surface area (Å²) in [6.45, 7) is 5.87. The summed E-state index contributed by atoms with van der Waals surface area (Å²) in [4.78, 5) is 30.5. The number of hydrogen-bond acceptors (Lipinski definition) is 4. The van der Waals surface area contributed by atoms with Crippen molar-refractivity contribution in [1.29, 1.82) is 0 Å². The first-order valence-corrected chi connectivity index (χ1v) is 8.03. The van der Waals surface area contributed by atoms with E-state index >= 15 is 0 Å². The summed E-state index contributed by atoms with van der Waals surface area (Å²) >= 11 is 0. The van der Waals surface area contributed by atoms with Crippen molar-refractivity contribution < 1.29 is 4.79 Å². The van der Waals surface area contributed by atoms with Crippen LogP contribution in [0.5, 0.6) is 0 Å². The molecule has 2 aromatic heterocycles. The number of rotatable bonds is 2. The Morgan fingerprint density at radius 3 is 2.67 bits per heavy atom. The van der Waals surface area contributed by atoms with Crippen molar-refractivity contribution in [3.8, 4) is 0 Å². The first kappa shape index (κ1) is 14.8. The first-order chi connectivity index (χ1) is 11.5. The van der Waals surface area contributed by atoms with Crippen LogP contribution in [0.3, 0.4) is 0 Å². The van der Waals surface area contributed by atoms with Crippen molar-refractivity contribution in [2.75, 3.05) is 4.90 Å². The smallest absolute Gasteiger partial charge is 0.239 e. The van der Waals surface area contributed by atoms with Gasteiger partial charge in [-0.2, -0.15) is 0 Å². The fraction of sp³-hybridized carbons (Fsp3) is 0.333. The van der Waals surface area contributed by atoms with Gasteiger partial charge in [0.1, 0.15) is 5.82 Å². The van der Waals surface area contributed by atoms with Gasteiger partial charge in [-0.25, -0.2) is 15.0 Å². The van der Waals surface area contributed by atoms with Crippen molar-refractivity contribution in [2.24, 2.45) is 11.3 Å². The van der Waals surface area contributed by atoms with Crippen molar-refractivity contribution in [3.63, 3.8) is 0 Å². The second-order valence-corrected chi connectivity index (χ2v) is 6.81. The number of H-pyrrole nitrogens is 1. The minimum Gasteiger partial charge on any atom is -0.330 e. The van der Waals surface area contributed by atoms with E-state index in [2.05, 4.69) is 32.1 Å². The lowest BCUT2D eigenvalue weighted by atomic mass is 9.75. The Labute approximate surface area is 140 Å². The van der Waals surface area contributed by atoms with Gasteiger partial charge in [0.25, 0.3) is 0 Å². The highest BCUT2D eigenvalue weighted by atomic mass is 16.2. The van der Waals surface area contributed by atoms with E-state index in [1.54, 1.807) is 17.3 Å². The Kier molecular flexibility index (Phi) is 3.16. The molecule has 1 saturated heterocycles. The van der Waals surface area contributed by atoms with E-state index < -0.39 is 5.41 Å². The van der Waals surface area contributed by atoms with E-state index in [-0.39, 0.29) is 11.8 Å². The maximum atomic E-state index is 13.0. The number of aromatic amines is 1. The average molecular weight is 321 g/mol. The molecule has 4 rings (SSSR count). The maximum Gasteiger partial charge on any atom is 0.239 e. The lowest BCUT2D eigenvalue weighted by Gasteiger charge is -2.25. The molecule has 0 saturated carbocycles. The summed E-state index contributed by atoms with van der Waals surface area (Å²) in [7, 11) is 0. The molecule has 1 aliphatic heterocycles. The Bertz CT molecular complexity index is 846. The van der Waals surface area contributed by atoms with Crippen molar-refractivity contribution in [2.45, 2.75) is 27.2 Å². The summed E-state index contributed by atoms with van der Waals surface area (Å²) in [6.07, 6.45) is 12.1. The third kappa shape index (κ3) is 2.10. The third-order valence-electron chi connectivity index (χ3n) is 4.93. The number of carbonyl (C=O) groups excluding carboxylic acids is 1. The standard InChI is InChI=1S/C18H19N5O/c1-11-21-9-13(10-22-11)12-4-5-14-15(8-12)23(16(24)18(14,2)3)17-19-6-7-20-17/h4,6-10,14H,5H2,1-3H3,(H,19,20). The predicted molar refractivity (Wildman–Crippen MR) is 90.8 cm³/mol. The van der Waals surface area contributed by atoms with Gasteiger partial charge >= 0.3 is 0 Å². The SMILES string of the molecule is Cc1ncc(C2=CCC3C(=C2)N(c2ncc[nH]2)C(=O)C3(C)C)cn1. The average Bonchev–Trinajstić information content (AvgIpc) is 3.15. The normalized spacial score (nSPS) is 22.2. The molecule has 1 aliphatic carbocycles. The number of hydrogen-bond donors (Lipinski definition) is 1. The zero-order chi connectivity index (χ0) is 16.9. The van der Waals surface area contributed by atoms with Crippen LogP contribution in [0.25, 0.3) is 5.57 Å². The third-order valence-corrected chi connectivity index (χ3v) is 4.93. The molecule has 0 radical (unpaired) electrons. The molecule has 2 aromatic rings. The Balaban J connectivity index is 1.79. The number of carbonyl (C=O) groups is 1. The molecule has 0 bridgehead atoms. The van der Waals surface area contributed by atoms with Gasteiger partial charge < -0.3 is 4.98 Å². The number of imidazole rings is 1. The summed E-state index contributed by atoms with van der Waals surface area (Å²) < 4.78 is 0. The van der Waals surface area contributed by atoms with E-state index in [1.165, 1.54) is 0 Å². The molecular formula is C18H19N5O. The zero-order valence-electron chi connectivity index (χ0n) is 13.9. The highest BCUT2D eigenvalue weighted by Gasteiger charge is 2.52. The van der Waals surface area contributed by atoms with Crippen LogP contribution in [0.4, 0.5) is 5.95 Å². The van der Waals surface area contributed by atoms with Crippen LogP contribution < -0.4 is 4.90 Å². The van der Waals surface area contributed by atoms with Gasteiger partial charge in [0, 0.05) is 42.0 Å². The summed E-state index contributed by atoms with van der Waals surface area (Å²) in [5.74, 6) is 1.53. The molecule has 1 unspecified atom stereocenters. The van der Waals surface area contributed by atoms with Crippen molar-refractivity contribution in [1.82, 2.24) is 19.9 Å². The lowest BCUT2D eigenvalue weighted by molar-refractivity contribution is -0.125. The van der Waals surface area contributed by atoms with Crippen LogP contribution in [-0.4, -0.2) is 25.8 Å². The number of amides is 1. The summed E-state index contributed by atoms with van der Waals surface area (Å²) in [5, 5.41) is 0. The molecule has 1 amide bonds. The summed E-state index contributed by atoms with van der Waals surface area (Å²) in [5.41, 5.74) is 2.54. The van der Waals surface area contributed by atoms with Crippen molar-refractivity contribution in [3.05, 3.63) is 54.0 Å². The van der Waals surface area contributed by atoms with Crippen LogP contribution in [-0.2, 0) is 4.79 Å². The molecule has 1 atom stereocenters. The van der Waals surface area contributed by atoms with Crippen LogP contribution >= 0.6 is 0 Å². The van der Waals surface area contributed by atoms with E-state index in [4.69, 9.17) is 0 Å². The van der Waals surface area contributed by atoms with Crippen LogP contribution in [0.1, 0.15) is 31.7 Å². The molecule has 6 heteroatoms. The first-order valence-electron chi connectivity index (χ1n) is 8.03. The largest absolute Gasteiger partial charge is 0.330 e. The van der Waals surface area contributed by atoms with Gasteiger partial charge in [0.15, 0.2) is 0 Å². The molecule has 0 aromatic carbocycles. The van der Waals surface area contributed by atoms with E-state index in [1.807, 2.05) is 33.2 Å². The molecule has 1 N–H and O–H groups in total. The molecule has 24 heavy (non-hydrogen) atoms. The van der Waals surface area contributed by atoms with Gasteiger partial charge in [0.05, 0.1) is 5.41 Å². The van der Waals surface area contributed by atoms with E-state index in [9.17, 15) is 4.79 Å². The second kappa shape index (κ2) is 5.12. The quantitative estimate of drug-likeness (QED) is 0.923. The number of fused-ring (bicyclic) bond motifs is 1. The van der Waals surface area contributed by atoms with Crippen LogP contribution in [0.15, 0.2) is 42.6 Å².